The smallest absolute Gasteiger partial charge is 0.318 e. The van der Waals surface area contributed by atoms with Gasteiger partial charge in [-0.25, -0.2) is 4.79 Å². The lowest BCUT2D eigenvalue weighted by molar-refractivity contribution is -0.117. The molecule has 140 valence electrons. The fourth-order valence-corrected chi connectivity index (χ4v) is 3.30. The SMILES string of the molecule is CCCCCCn1c(SCC(=O)NC(N)=O)nnc1-c1ccc(Cl)cc1. The molecule has 2 aromatic rings. The zero-order valence-corrected chi connectivity index (χ0v) is 16.1. The standard InChI is InChI=1S/C17H22ClN5O2S/c1-2-3-4-5-10-23-15(12-6-8-13(18)9-7-12)21-22-17(23)26-11-14(24)20-16(19)25/h6-9H,2-5,10-11H2,1H3,(H3,19,20,24,25). The number of urea groups is 1. The monoisotopic (exact) mass is 395 g/mol. The van der Waals surface area contributed by atoms with Gasteiger partial charge in [-0.2, -0.15) is 0 Å². The van der Waals surface area contributed by atoms with Crippen molar-refractivity contribution in [3.63, 3.8) is 0 Å². The average Bonchev–Trinajstić information content (AvgIpc) is 3.00. The summed E-state index contributed by atoms with van der Waals surface area (Å²) in [7, 11) is 0. The van der Waals surface area contributed by atoms with Gasteiger partial charge >= 0.3 is 6.03 Å². The maximum Gasteiger partial charge on any atom is 0.318 e. The lowest BCUT2D eigenvalue weighted by atomic mass is 10.2. The van der Waals surface area contributed by atoms with Gasteiger partial charge in [-0.1, -0.05) is 49.5 Å². The van der Waals surface area contributed by atoms with Crippen LogP contribution in [0.1, 0.15) is 32.6 Å². The van der Waals surface area contributed by atoms with Crippen LogP contribution in [0.2, 0.25) is 5.02 Å². The first-order chi connectivity index (χ1) is 12.5. The molecule has 3 amide bonds. The van der Waals surface area contributed by atoms with Crippen molar-refractivity contribution in [2.45, 2.75) is 44.3 Å². The van der Waals surface area contributed by atoms with Gasteiger partial charge < -0.3 is 10.3 Å². The maximum absolute atomic E-state index is 11.6. The number of rotatable bonds is 9. The van der Waals surface area contributed by atoms with Crippen molar-refractivity contribution < 1.29 is 9.59 Å². The van der Waals surface area contributed by atoms with Crippen molar-refractivity contribution in [1.29, 1.82) is 0 Å². The number of halogens is 1. The third-order valence-corrected chi connectivity index (χ3v) is 4.87. The highest BCUT2D eigenvalue weighted by atomic mass is 35.5. The Kier molecular flexibility index (Phi) is 7.93. The summed E-state index contributed by atoms with van der Waals surface area (Å²) in [5, 5.41) is 11.8. The normalized spacial score (nSPS) is 10.7. The fraction of sp³-hybridized carbons (Fsp3) is 0.412. The van der Waals surface area contributed by atoms with Crippen LogP contribution in [0.15, 0.2) is 29.4 Å². The van der Waals surface area contributed by atoms with E-state index in [1.165, 1.54) is 18.2 Å². The van der Waals surface area contributed by atoms with Gasteiger partial charge in [0, 0.05) is 17.1 Å². The van der Waals surface area contributed by atoms with Crippen molar-refractivity contribution in [2.24, 2.45) is 5.73 Å². The summed E-state index contributed by atoms with van der Waals surface area (Å²) in [5.41, 5.74) is 5.86. The topological polar surface area (TPSA) is 103 Å². The molecule has 0 atom stereocenters. The minimum atomic E-state index is -0.863. The highest BCUT2D eigenvalue weighted by Crippen LogP contribution is 2.25. The molecule has 0 spiro atoms. The van der Waals surface area contributed by atoms with Gasteiger partial charge in [0.05, 0.1) is 5.75 Å². The largest absolute Gasteiger partial charge is 0.351 e. The maximum atomic E-state index is 11.6. The third-order valence-electron chi connectivity index (χ3n) is 3.65. The van der Waals surface area contributed by atoms with Crippen molar-refractivity contribution in [3.8, 4) is 11.4 Å². The summed E-state index contributed by atoms with van der Waals surface area (Å²) in [6.45, 7) is 2.92. The Bertz CT molecular complexity index is 748. The molecule has 1 aromatic heterocycles. The van der Waals surface area contributed by atoms with Crippen LogP contribution in [0.4, 0.5) is 4.79 Å². The van der Waals surface area contributed by atoms with Crippen LogP contribution in [-0.4, -0.2) is 32.5 Å². The van der Waals surface area contributed by atoms with E-state index in [-0.39, 0.29) is 5.75 Å². The number of nitrogens with zero attached hydrogens (tertiary/aromatic N) is 3. The predicted molar refractivity (Wildman–Crippen MR) is 103 cm³/mol. The summed E-state index contributed by atoms with van der Waals surface area (Å²) in [5.74, 6) is 0.309. The number of primary amides is 1. The Labute approximate surface area is 161 Å². The summed E-state index contributed by atoms with van der Waals surface area (Å²) in [6, 6.07) is 6.53. The molecule has 26 heavy (non-hydrogen) atoms. The molecule has 0 fully saturated rings. The Morgan fingerprint density at radius 1 is 1.19 bits per heavy atom. The van der Waals surface area contributed by atoms with E-state index in [4.69, 9.17) is 17.3 Å². The second kappa shape index (κ2) is 10.2. The van der Waals surface area contributed by atoms with E-state index >= 15 is 0 Å². The van der Waals surface area contributed by atoms with Gasteiger partial charge in [-0.05, 0) is 30.7 Å². The van der Waals surface area contributed by atoms with Gasteiger partial charge in [-0.15, -0.1) is 10.2 Å². The van der Waals surface area contributed by atoms with Crippen LogP contribution in [0.5, 0.6) is 0 Å². The number of benzene rings is 1. The van der Waals surface area contributed by atoms with Gasteiger partial charge in [0.1, 0.15) is 0 Å². The van der Waals surface area contributed by atoms with Crippen LogP contribution >= 0.6 is 23.4 Å². The quantitative estimate of drug-likeness (QED) is 0.499. The van der Waals surface area contributed by atoms with E-state index in [0.717, 1.165) is 37.2 Å². The molecule has 0 radical (unpaired) electrons. The predicted octanol–water partition coefficient (Wildman–Crippen LogP) is 3.47. The number of carbonyl (C=O) groups excluding carboxylic acids is 2. The molecule has 9 heteroatoms. The van der Waals surface area contributed by atoms with E-state index in [2.05, 4.69) is 17.1 Å². The molecule has 2 rings (SSSR count). The van der Waals surface area contributed by atoms with E-state index in [0.29, 0.717) is 10.2 Å². The van der Waals surface area contributed by atoms with Crippen LogP contribution in [0, 0.1) is 0 Å². The number of imide groups is 1. The Morgan fingerprint density at radius 3 is 2.58 bits per heavy atom. The van der Waals surface area contributed by atoms with Gasteiger partial charge in [0.25, 0.3) is 0 Å². The fourth-order valence-electron chi connectivity index (χ4n) is 2.41. The summed E-state index contributed by atoms with van der Waals surface area (Å²) < 4.78 is 2.00. The second-order valence-electron chi connectivity index (χ2n) is 5.73. The molecule has 0 aliphatic rings. The van der Waals surface area contributed by atoms with Gasteiger partial charge in [-0.3, -0.25) is 10.1 Å². The molecule has 0 bridgehead atoms. The Balaban J connectivity index is 2.16. The van der Waals surface area contributed by atoms with E-state index in [9.17, 15) is 9.59 Å². The Hall–Kier alpha value is -2.06. The second-order valence-corrected chi connectivity index (χ2v) is 7.11. The molecule has 3 N–H and O–H groups in total. The van der Waals surface area contributed by atoms with Crippen LogP contribution in [-0.2, 0) is 11.3 Å². The number of nitrogens with one attached hydrogen (secondary N) is 1. The van der Waals surface area contributed by atoms with E-state index in [1.807, 2.05) is 22.0 Å². The van der Waals surface area contributed by atoms with E-state index in [1.54, 1.807) is 12.1 Å². The molecule has 0 saturated carbocycles. The first-order valence-electron chi connectivity index (χ1n) is 8.42. The van der Waals surface area contributed by atoms with Crippen molar-refractivity contribution in [3.05, 3.63) is 29.3 Å². The summed E-state index contributed by atoms with van der Waals surface area (Å²) >= 11 is 7.18. The highest BCUT2D eigenvalue weighted by Gasteiger charge is 2.16. The lowest BCUT2D eigenvalue weighted by Crippen LogP contribution is -2.36. The number of hydrogen-bond donors (Lipinski definition) is 2. The number of unbranched alkanes of at least 4 members (excludes halogenated alkanes) is 3. The third kappa shape index (κ3) is 6.03. The number of hydrogen-bond acceptors (Lipinski definition) is 5. The lowest BCUT2D eigenvalue weighted by Gasteiger charge is -2.10. The molecule has 1 heterocycles. The first kappa shape index (κ1) is 20.3. The zero-order valence-electron chi connectivity index (χ0n) is 14.6. The van der Waals surface area contributed by atoms with Crippen LogP contribution in [0.25, 0.3) is 11.4 Å². The average molecular weight is 396 g/mol. The molecule has 0 saturated heterocycles. The van der Waals surface area contributed by atoms with Crippen LogP contribution < -0.4 is 11.1 Å². The highest BCUT2D eigenvalue weighted by molar-refractivity contribution is 7.99. The molecule has 1 aromatic carbocycles. The molecule has 0 aliphatic heterocycles. The molecule has 0 aliphatic carbocycles. The number of aromatic nitrogens is 3. The zero-order chi connectivity index (χ0) is 18.9. The van der Waals surface area contributed by atoms with Gasteiger partial charge in [0.2, 0.25) is 5.91 Å². The summed E-state index contributed by atoms with van der Waals surface area (Å²) in [6.07, 6.45) is 4.43. The number of thioether (sulfide) groups is 1. The Morgan fingerprint density at radius 2 is 1.92 bits per heavy atom. The van der Waals surface area contributed by atoms with Gasteiger partial charge in [0.15, 0.2) is 11.0 Å². The minimum absolute atomic E-state index is 0.0383. The number of carbonyl (C=O) groups is 2. The summed E-state index contributed by atoms with van der Waals surface area (Å²) in [4.78, 5) is 22.4. The van der Waals surface area contributed by atoms with Crippen molar-refractivity contribution >= 4 is 35.3 Å². The first-order valence-corrected chi connectivity index (χ1v) is 9.78. The minimum Gasteiger partial charge on any atom is -0.351 e. The molecular formula is C17H22ClN5O2S. The molecular weight excluding hydrogens is 374 g/mol. The van der Waals surface area contributed by atoms with Crippen molar-refractivity contribution in [1.82, 2.24) is 20.1 Å². The number of nitrogens with two attached hydrogens (primary N) is 1. The van der Waals surface area contributed by atoms with Crippen LogP contribution in [0.3, 0.4) is 0 Å². The molecule has 7 nitrogen and oxygen atoms in total. The van der Waals surface area contributed by atoms with Crippen molar-refractivity contribution in [2.75, 3.05) is 5.75 Å². The molecule has 0 unspecified atom stereocenters. The van der Waals surface area contributed by atoms with E-state index < -0.39 is 11.9 Å². The number of amides is 3.